The standard InChI is InChI=1S/C21H18F3N3O2S2/c1-2-9-27-20(29)16-11-5-3-4-6-14(11)31-19(16)26-21(27)30-10-15(28)25-13-8-7-12(22)17(23)18(13)24/h2,7-8H,1,3-6,9-10H2,(H,25,28). The minimum Gasteiger partial charge on any atom is -0.323 e. The normalized spacial score (nSPS) is 13.3. The van der Waals surface area contributed by atoms with Gasteiger partial charge < -0.3 is 5.32 Å². The van der Waals surface area contributed by atoms with Gasteiger partial charge in [-0.2, -0.15) is 0 Å². The van der Waals surface area contributed by atoms with Crippen LogP contribution in [-0.4, -0.2) is 21.2 Å². The molecule has 0 fully saturated rings. The number of fused-ring (bicyclic) bond motifs is 3. The highest BCUT2D eigenvalue weighted by molar-refractivity contribution is 7.99. The molecule has 0 atom stereocenters. The number of allylic oxidation sites excluding steroid dienone is 1. The third-order valence-electron chi connectivity index (χ3n) is 4.99. The largest absolute Gasteiger partial charge is 0.323 e. The SMILES string of the molecule is C=CCn1c(SCC(=O)Nc2ccc(F)c(F)c2F)nc2sc3c(c2c1=O)CCCC3. The van der Waals surface area contributed by atoms with E-state index < -0.39 is 29.0 Å². The molecule has 1 aliphatic carbocycles. The predicted octanol–water partition coefficient (Wildman–Crippen LogP) is 4.67. The van der Waals surface area contributed by atoms with Crippen LogP contribution in [0.25, 0.3) is 10.2 Å². The molecule has 4 rings (SSSR count). The summed E-state index contributed by atoms with van der Waals surface area (Å²) in [6.07, 6.45) is 5.49. The molecule has 1 N–H and O–H groups in total. The maximum absolute atomic E-state index is 13.8. The van der Waals surface area contributed by atoms with Gasteiger partial charge in [0.1, 0.15) is 4.83 Å². The third-order valence-corrected chi connectivity index (χ3v) is 7.16. The quantitative estimate of drug-likeness (QED) is 0.249. The Bertz CT molecular complexity index is 1250. The first-order chi connectivity index (χ1) is 14.9. The highest BCUT2D eigenvalue weighted by Gasteiger charge is 2.22. The van der Waals surface area contributed by atoms with Crippen LogP contribution in [0.2, 0.25) is 0 Å². The van der Waals surface area contributed by atoms with Gasteiger partial charge in [-0.25, -0.2) is 18.2 Å². The van der Waals surface area contributed by atoms with E-state index in [4.69, 9.17) is 0 Å². The average molecular weight is 466 g/mol. The maximum Gasteiger partial charge on any atom is 0.263 e. The number of aryl methyl sites for hydroxylation is 2. The summed E-state index contributed by atoms with van der Waals surface area (Å²) in [6.45, 7) is 3.92. The summed E-state index contributed by atoms with van der Waals surface area (Å²) in [5.74, 6) is -5.29. The van der Waals surface area contributed by atoms with Gasteiger partial charge in [-0.05, 0) is 43.4 Å². The average Bonchev–Trinajstić information content (AvgIpc) is 3.13. The summed E-state index contributed by atoms with van der Waals surface area (Å²) in [6, 6.07) is 1.68. The van der Waals surface area contributed by atoms with Crippen LogP contribution >= 0.6 is 23.1 Å². The Hall–Kier alpha value is -2.59. The number of thiophene rings is 1. The summed E-state index contributed by atoms with van der Waals surface area (Å²) in [5.41, 5.74) is 0.450. The molecular formula is C21H18F3N3O2S2. The monoisotopic (exact) mass is 465 g/mol. The number of nitrogens with one attached hydrogen (secondary N) is 1. The van der Waals surface area contributed by atoms with Crippen molar-refractivity contribution in [2.45, 2.75) is 37.4 Å². The van der Waals surface area contributed by atoms with Crippen LogP contribution in [0.3, 0.4) is 0 Å². The van der Waals surface area contributed by atoms with Crippen LogP contribution in [0.15, 0.2) is 34.7 Å². The first-order valence-electron chi connectivity index (χ1n) is 9.62. The lowest BCUT2D eigenvalue weighted by Gasteiger charge is -2.12. The molecule has 0 spiro atoms. The van der Waals surface area contributed by atoms with Gasteiger partial charge in [0.25, 0.3) is 5.56 Å². The molecule has 2 heterocycles. The van der Waals surface area contributed by atoms with Crippen LogP contribution < -0.4 is 10.9 Å². The summed E-state index contributed by atoms with van der Waals surface area (Å²) in [7, 11) is 0. The zero-order valence-corrected chi connectivity index (χ0v) is 18.0. The smallest absolute Gasteiger partial charge is 0.263 e. The second kappa shape index (κ2) is 8.88. The fourth-order valence-corrected chi connectivity index (χ4v) is 5.67. The molecule has 1 aromatic carbocycles. The molecule has 0 unspecified atom stereocenters. The van der Waals surface area contributed by atoms with E-state index in [9.17, 15) is 22.8 Å². The number of amides is 1. The van der Waals surface area contributed by atoms with Crippen LogP contribution in [-0.2, 0) is 24.2 Å². The van der Waals surface area contributed by atoms with Crippen LogP contribution in [0.1, 0.15) is 23.3 Å². The Morgan fingerprint density at radius 1 is 1.26 bits per heavy atom. The van der Waals surface area contributed by atoms with Crippen LogP contribution in [0, 0.1) is 17.5 Å². The van der Waals surface area contributed by atoms with E-state index in [-0.39, 0.29) is 17.9 Å². The zero-order chi connectivity index (χ0) is 22.1. The lowest BCUT2D eigenvalue weighted by molar-refractivity contribution is -0.113. The first-order valence-corrected chi connectivity index (χ1v) is 11.4. The molecule has 0 bridgehead atoms. The molecule has 3 aromatic rings. The van der Waals surface area contributed by atoms with Crippen molar-refractivity contribution in [3.63, 3.8) is 0 Å². The first kappa shape index (κ1) is 21.6. The van der Waals surface area contributed by atoms with E-state index in [0.29, 0.717) is 15.4 Å². The number of halogens is 3. The molecule has 1 aliphatic rings. The molecule has 162 valence electrons. The maximum atomic E-state index is 13.8. The van der Waals surface area contributed by atoms with Gasteiger partial charge in [0.2, 0.25) is 5.91 Å². The van der Waals surface area contributed by atoms with Gasteiger partial charge in [-0.1, -0.05) is 17.8 Å². The molecule has 5 nitrogen and oxygen atoms in total. The number of benzene rings is 1. The molecule has 10 heteroatoms. The minimum atomic E-state index is -1.65. The number of thioether (sulfide) groups is 1. The molecular weight excluding hydrogens is 447 g/mol. The van der Waals surface area contributed by atoms with Crippen LogP contribution in [0.4, 0.5) is 18.9 Å². The molecule has 0 saturated carbocycles. The Kier molecular flexibility index (Phi) is 6.19. The van der Waals surface area contributed by atoms with Crippen molar-refractivity contribution in [1.82, 2.24) is 9.55 Å². The van der Waals surface area contributed by atoms with Crippen molar-refractivity contribution < 1.29 is 18.0 Å². The van der Waals surface area contributed by atoms with Crippen molar-refractivity contribution >= 4 is 44.9 Å². The van der Waals surface area contributed by atoms with Gasteiger partial charge in [0, 0.05) is 11.4 Å². The summed E-state index contributed by atoms with van der Waals surface area (Å²) in [5, 5.41) is 3.20. The van der Waals surface area contributed by atoms with Crippen molar-refractivity contribution in [1.29, 1.82) is 0 Å². The second-order valence-corrected chi connectivity index (χ2v) is 9.08. The highest BCUT2D eigenvalue weighted by atomic mass is 32.2. The summed E-state index contributed by atoms with van der Waals surface area (Å²) >= 11 is 2.52. The molecule has 0 saturated heterocycles. The lowest BCUT2D eigenvalue weighted by atomic mass is 9.97. The Morgan fingerprint density at radius 2 is 2.03 bits per heavy atom. The number of carbonyl (C=O) groups excluding carboxylic acids is 1. The zero-order valence-electron chi connectivity index (χ0n) is 16.3. The van der Waals surface area contributed by atoms with Gasteiger partial charge in [0.05, 0.1) is 16.8 Å². The van der Waals surface area contributed by atoms with Gasteiger partial charge in [0.15, 0.2) is 22.6 Å². The number of anilines is 1. The number of rotatable bonds is 6. The number of nitrogens with zero attached hydrogens (tertiary/aromatic N) is 2. The lowest BCUT2D eigenvalue weighted by Crippen LogP contribution is -2.24. The molecule has 0 aliphatic heterocycles. The second-order valence-electron chi connectivity index (χ2n) is 7.05. The molecule has 2 aromatic heterocycles. The van der Waals surface area contributed by atoms with E-state index >= 15 is 0 Å². The summed E-state index contributed by atoms with van der Waals surface area (Å²) < 4.78 is 41.7. The number of hydrogen-bond donors (Lipinski definition) is 1. The fraction of sp³-hybridized carbons (Fsp3) is 0.286. The van der Waals surface area contributed by atoms with Crippen LogP contribution in [0.5, 0.6) is 0 Å². The van der Waals surface area contributed by atoms with Crippen molar-refractivity contribution in [3.05, 3.63) is 63.0 Å². The van der Waals surface area contributed by atoms with E-state index in [0.717, 1.165) is 55.1 Å². The highest BCUT2D eigenvalue weighted by Crippen LogP contribution is 2.34. The fourth-order valence-electron chi connectivity index (χ4n) is 3.56. The van der Waals surface area contributed by atoms with Gasteiger partial charge >= 0.3 is 0 Å². The Labute approximate surface area is 184 Å². The van der Waals surface area contributed by atoms with E-state index in [1.54, 1.807) is 6.08 Å². The topological polar surface area (TPSA) is 64.0 Å². The van der Waals surface area contributed by atoms with Crippen molar-refractivity contribution in [2.24, 2.45) is 0 Å². The number of carbonyl (C=O) groups is 1. The van der Waals surface area contributed by atoms with Crippen molar-refractivity contribution in [3.8, 4) is 0 Å². The molecule has 1 amide bonds. The number of hydrogen-bond acceptors (Lipinski definition) is 5. The van der Waals surface area contributed by atoms with E-state index in [1.807, 2.05) is 0 Å². The van der Waals surface area contributed by atoms with Crippen molar-refractivity contribution in [2.75, 3.05) is 11.1 Å². The Morgan fingerprint density at radius 3 is 2.81 bits per heavy atom. The minimum absolute atomic E-state index is 0.168. The Balaban J connectivity index is 1.60. The summed E-state index contributed by atoms with van der Waals surface area (Å²) in [4.78, 5) is 31.9. The van der Waals surface area contributed by atoms with E-state index in [2.05, 4.69) is 16.9 Å². The number of aromatic nitrogens is 2. The van der Waals surface area contributed by atoms with Gasteiger partial charge in [-0.15, -0.1) is 17.9 Å². The molecule has 0 radical (unpaired) electrons. The molecule has 31 heavy (non-hydrogen) atoms. The van der Waals surface area contributed by atoms with Gasteiger partial charge in [-0.3, -0.25) is 14.2 Å². The predicted molar refractivity (Wildman–Crippen MR) is 116 cm³/mol. The van der Waals surface area contributed by atoms with E-state index in [1.165, 1.54) is 20.8 Å². The third kappa shape index (κ3) is 4.14.